The predicted octanol–water partition coefficient (Wildman–Crippen LogP) is 1.96. The number of carbonyl (C=O) groups excluding carboxylic acids is 2. The van der Waals surface area contributed by atoms with E-state index < -0.39 is 5.54 Å². The number of nitrogens with one attached hydrogen (secondary N) is 2. The third-order valence-corrected chi connectivity index (χ3v) is 3.64. The minimum atomic E-state index is -0.427. The summed E-state index contributed by atoms with van der Waals surface area (Å²) in [6, 6.07) is 7.55. The lowest BCUT2D eigenvalue weighted by Gasteiger charge is -2.24. The zero-order valence-electron chi connectivity index (χ0n) is 14.8. The van der Waals surface area contributed by atoms with Crippen molar-refractivity contribution < 1.29 is 9.59 Å². The molecule has 0 radical (unpaired) electrons. The number of hydrogen-bond acceptors (Lipinski definition) is 3. The van der Waals surface area contributed by atoms with Gasteiger partial charge in [0.1, 0.15) is 0 Å². The van der Waals surface area contributed by atoms with E-state index in [-0.39, 0.29) is 23.7 Å². The Morgan fingerprint density at radius 2 is 1.61 bits per heavy atom. The number of hydrogen-bond donors (Lipinski definition) is 3. The van der Waals surface area contributed by atoms with E-state index in [4.69, 9.17) is 5.73 Å². The van der Waals surface area contributed by atoms with Crippen LogP contribution in [0.15, 0.2) is 24.3 Å². The van der Waals surface area contributed by atoms with E-state index in [0.717, 1.165) is 0 Å². The summed E-state index contributed by atoms with van der Waals surface area (Å²) in [5.41, 5.74) is 6.97. The highest BCUT2D eigenvalue weighted by atomic mass is 16.2. The molecule has 128 valence electrons. The van der Waals surface area contributed by atoms with Crippen molar-refractivity contribution in [1.82, 2.24) is 10.6 Å². The Morgan fingerprint density at radius 1 is 1.04 bits per heavy atom. The molecule has 0 heterocycles. The van der Waals surface area contributed by atoms with Crippen LogP contribution in [0.1, 0.15) is 57.0 Å². The van der Waals surface area contributed by atoms with Crippen molar-refractivity contribution in [3.05, 3.63) is 35.4 Å². The van der Waals surface area contributed by atoms with Gasteiger partial charge >= 0.3 is 0 Å². The second kappa shape index (κ2) is 7.59. The molecule has 0 unspecified atom stereocenters. The topological polar surface area (TPSA) is 84.2 Å². The lowest BCUT2D eigenvalue weighted by atomic mass is 9.87. The predicted molar refractivity (Wildman–Crippen MR) is 93.4 cm³/mol. The molecular weight excluding hydrogens is 290 g/mol. The first-order valence-corrected chi connectivity index (χ1v) is 7.95. The highest BCUT2D eigenvalue weighted by molar-refractivity contribution is 5.94. The SMILES string of the molecule is CC(C)(CN)NC(=O)CCNC(=O)c1ccc(C(C)(C)C)cc1. The summed E-state index contributed by atoms with van der Waals surface area (Å²) in [7, 11) is 0. The van der Waals surface area contributed by atoms with Gasteiger partial charge in [-0.25, -0.2) is 0 Å². The van der Waals surface area contributed by atoms with Crippen molar-refractivity contribution in [2.75, 3.05) is 13.1 Å². The second-order valence-corrected chi connectivity index (χ2v) is 7.47. The second-order valence-electron chi connectivity index (χ2n) is 7.47. The van der Waals surface area contributed by atoms with Crippen LogP contribution >= 0.6 is 0 Å². The standard InChI is InChI=1S/C18H29N3O2/c1-17(2,3)14-8-6-13(7-9-14)16(23)20-11-10-15(22)21-18(4,5)12-19/h6-9H,10-12,19H2,1-5H3,(H,20,23)(H,21,22). The molecule has 0 aromatic heterocycles. The summed E-state index contributed by atoms with van der Waals surface area (Å²) in [4.78, 5) is 23.8. The first-order chi connectivity index (χ1) is 10.5. The Bertz CT molecular complexity index is 542. The molecule has 5 heteroatoms. The molecule has 5 nitrogen and oxygen atoms in total. The van der Waals surface area contributed by atoms with Crippen LogP contribution in [0.2, 0.25) is 0 Å². The Balaban J connectivity index is 2.47. The summed E-state index contributed by atoms with van der Waals surface area (Å²) in [5.74, 6) is -0.292. The van der Waals surface area contributed by atoms with E-state index >= 15 is 0 Å². The van der Waals surface area contributed by atoms with Crippen LogP contribution in [0.3, 0.4) is 0 Å². The van der Waals surface area contributed by atoms with Crippen LogP contribution in [0, 0.1) is 0 Å². The molecule has 4 N–H and O–H groups in total. The number of nitrogens with two attached hydrogens (primary N) is 1. The van der Waals surface area contributed by atoms with Crippen LogP contribution in [-0.4, -0.2) is 30.4 Å². The van der Waals surface area contributed by atoms with Gasteiger partial charge in [0, 0.05) is 30.6 Å². The molecule has 0 aliphatic rings. The molecule has 0 bridgehead atoms. The quantitative estimate of drug-likeness (QED) is 0.749. The maximum Gasteiger partial charge on any atom is 0.251 e. The van der Waals surface area contributed by atoms with Gasteiger partial charge in [0.05, 0.1) is 0 Å². The minimum Gasteiger partial charge on any atom is -0.352 e. The van der Waals surface area contributed by atoms with E-state index in [1.807, 2.05) is 38.1 Å². The highest BCUT2D eigenvalue weighted by Crippen LogP contribution is 2.22. The van der Waals surface area contributed by atoms with Crippen LogP contribution in [0.5, 0.6) is 0 Å². The summed E-state index contributed by atoms with van der Waals surface area (Å²) < 4.78 is 0. The number of benzene rings is 1. The van der Waals surface area contributed by atoms with Gasteiger partial charge in [-0.3, -0.25) is 9.59 Å². The first kappa shape index (κ1) is 19.2. The Labute approximate surface area is 139 Å². The fourth-order valence-corrected chi connectivity index (χ4v) is 2.00. The Morgan fingerprint density at radius 3 is 2.09 bits per heavy atom. The van der Waals surface area contributed by atoms with Gasteiger partial charge in [0.2, 0.25) is 5.91 Å². The molecule has 2 amide bonds. The van der Waals surface area contributed by atoms with Gasteiger partial charge < -0.3 is 16.4 Å². The largest absolute Gasteiger partial charge is 0.352 e. The zero-order valence-corrected chi connectivity index (χ0v) is 14.8. The van der Waals surface area contributed by atoms with Crippen molar-refractivity contribution in [3.63, 3.8) is 0 Å². The van der Waals surface area contributed by atoms with E-state index in [0.29, 0.717) is 18.7 Å². The van der Waals surface area contributed by atoms with Gasteiger partial charge in [-0.2, -0.15) is 0 Å². The van der Waals surface area contributed by atoms with Crippen LogP contribution in [0.4, 0.5) is 0 Å². The van der Waals surface area contributed by atoms with Crippen molar-refractivity contribution in [3.8, 4) is 0 Å². The fourth-order valence-electron chi connectivity index (χ4n) is 2.00. The van der Waals surface area contributed by atoms with Gasteiger partial charge in [-0.1, -0.05) is 32.9 Å². The van der Waals surface area contributed by atoms with Crippen molar-refractivity contribution in [1.29, 1.82) is 0 Å². The normalized spacial score (nSPS) is 11.9. The molecule has 0 fully saturated rings. The van der Waals surface area contributed by atoms with E-state index in [1.54, 1.807) is 0 Å². The maximum absolute atomic E-state index is 12.1. The molecule has 0 aliphatic heterocycles. The number of carbonyl (C=O) groups is 2. The molecule has 1 aromatic rings. The average molecular weight is 319 g/mol. The third kappa shape index (κ3) is 6.40. The zero-order chi connectivity index (χ0) is 17.7. The molecule has 0 saturated carbocycles. The molecule has 1 aromatic carbocycles. The minimum absolute atomic E-state index is 0.0584. The van der Waals surface area contributed by atoms with Gasteiger partial charge in [0.15, 0.2) is 0 Å². The molecule has 0 spiro atoms. The van der Waals surface area contributed by atoms with Crippen molar-refractivity contribution in [2.45, 2.75) is 52.0 Å². The Kier molecular flexibility index (Phi) is 6.33. The summed E-state index contributed by atoms with van der Waals surface area (Å²) in [6.07, 6.45) is 0.231. The third-order valence-electron chi connectivity index (χ3n) is 3.64. The number of rotatable bonds is 6. The first-order valence-electron chi connectivity index (χ1n) is 7.95. The smallest absolute Gasteiger partial charge is 0.251 e. The summed E-state index contributed by atoms with van der Waals surface area (Å²) >= 11 is 0. The Hall–Kier alpha value is -1.88. The van der Waals surface area contributed by atoms with Gasteiger partial charge in [0.25, 0.3) is 5.91 Å². The highest BCUT2D eigenvalue weighted by Gasteiger charge is 2.18. The summed E-state index contributed by atoms with van der Waals surface area (Å²) in [5, 5.41) is 5.59. The van der Waals surface area contributed by atoms with E-state index in [9.17, 15) is 9.59 Å². The average Bonchev–Trinajstić information content (AvgIpc) is 2.46. The summed E-state index contributed by atoms with van der Waals surface area (Å²) in [6.45, 7) is 10.8. The van der Waals surface area contributed by atoms with Gasteiger partial charge in [-0.15, -0.1) is 0 Å². The van der Waals surface area contributed by atoms with Crippen molar-refractivity contribution in [2.24, 2.45) is 5.73 Å². The van der Waals surface area contributed by atoms with Crippen LogP contribution < -0.4 is 16.4 Å². The van der Waals surface area contributed by atoms with Crippen molar-refractivity contribution >= 4 is 11.8 Å². The lowest BCUT2D eigenvalue weighted by molar-refractivity contribution is -0.122. The van der Waals surface area contributed by atoms with E-state index in [1.165, 1.54) is 5.56 Å². The maximum atomic E-state index is 12.1. The molecule has 23 heavy (non-hydrogen) atoms. The fraction of sp³-hybridized carbons (Fsp3) is 0.556. The molecular formula is C18H29N3O2. The van der Waals surface area contributed by atoms with Gasteiger partial charge in [-0.05, 0) is 37.0 Å². The molecule has 1 rings (SSSR count). The molecule has 0 atom stereocenters. The monoisotopic (exact) mass is 319 g/mol. The molecule has 0 aliphatic carbocycles. The van der Waals surface area contributed by atoms with Crippen LogP contribution in [0.25, 0.3) is 0 Å². The lowest BCUT2D eigenvalue weighted by Crippen LogP contribution is -2.49. The van der Waals surface area contributed by atoms with Crippen LogP contribution in [-0.2, 0) is 10.2 Å². The van der Waals surface area contributed by atoms with E-state index in [2.05, 4.69) is 31.4 Å². The number of amides is 2. The molecule has 0 saturated heterocycles.